The zero-order valence-electron chi connectivity index (χ0n) is 47.0. The molecule has 1 atom stereocenters. The van der Waals surface area contributed by atoms with E-state index < -0.39 is 6.10 Å². The fourth-order valence-corrected chi connectivity index (χ4v) is 9.49. The summed E-state index contributed by atoms with van der Waals surface area (Å²) in [5.74, 6) is -0.606. The number of aliphatic hydroxyl groups excluding tert-OH is 1. The second kappa shape index (κ2) is 61.2. The maximum Gasteiger partial charge on any atom is 0.306 e. The van der Waals surface area contributed by atoms with E-state index in [0.29, 0.717) is 12.8 Å². The van der Waals surface area contributed by atoms with Crippen LogP contribution in [0.15, 0.2) is 48.6 Å². The van der Waals surface area contributed by atoms with E-state index in [9.17, 15) is 14.7 Å². The highest BCUT2D eigenvalue weighted by Crippen LogP contribution is 2.18. The van der Waals surface area contributed by atoms with Gasteiger partial charge in [0.15, 0.2) is 6.10 Å². The Bertz CT molecular complexity index is 1150. The van der Waals surface area contributed by atoms with Gasteiger partial charge in [0, 0.05) is 12.8 Å². The molecule has 0 saturated heterocycles. The molecule has 0 aromatic rings. The summed E-state index contributed by atoms with van der Waals surface area (Å²) in [6, 6.07) is 0. The van der Waals surface area contributed by atoms with Crippen LogP contribution in [0.1, 0.15) is 335 Å². The lowest BCUT2D eigenvalue weighted by atomic mass is 10.0. The Morgan fingerprint density at radius 2 is 0.614 bits per heavy atom. The lowest BCUT2D eigenvalue weighted by Gasteiger charge is -2.15. The minimum Gasteiger partial charge on any atom is -0.462 e. The van der Waals surface area contributed by atoms with Crippen LogP contribution in [0.5, 0.6) is 0 Å². The molecular formula is C65H120O5. The summed E-state index contributed by atoms with van der Waals surface area (Å²) < 4.78 is 10.7. The molecule has 70 heavy (non-hydrogen) atoms. The number of allylic oxidation sites excluding steroid dienone is 8. The Labute approximate surface area is 437 Å². The zero-order chi connectivity index (χ0) is 50.6. The van der Waals surface area contributed by atoms with Crippen LogP contribution in [-0.4, -0.2) is 36.4 Å². The molecule has 0 saturated carbocycles. The monoisotopic (exact) mass is 981 g/mol. The molecule has 0 aliphatic rings. The van der Waals surface area contributed by atoms with Crippen molar-refractivity contribution in [3.8, 4) is 0 Å². The van der Waals surface area contributed by atoms with Gasteiger partial charge in [0.1, 0.15) is 6.61 Å². The molecule has 0 fully saturated rings. The highest BCUT2D eigenvalue weighted by atomic mass is 16.6. The summed E-state index contributed by atoms with van der Waals surface area (Å²) in [6.07, 6.45) is 81.4. The first kappa shape index (κ1) is 67.9. The highest BCUT2D eigenvalue weighted by molar-refractivity contribution is 5.70. The van der Waals surface area contributed by atoms with E-state index in [1.54, 1.807) is 0 Å². The van der Waals surface area contributed by atoms with Gasteiger partial charge in [-0.15, -0.1) is 0 Å². The van der Waals surface area contributed by atoms with Crippen LogP contribution in [0.25, 0.3) is 0 Å². The lowest BCUT2D eigenvalue weighted by Crippen LogP contribution is -2.28. The molecule has 0 aromatic heterocycles. The van der Waals surface area contributed by atoms with E-state index in [4.69, 9.17) is 9.47 Å². The number of esters is 2. The number of carbonyl (C=O) groups excluding carboxylic acids is 2. The summed E-state index contributed by atoms with van der Waals surface area (Å²) >= 11 is 0. The highest BCUT2D eigenvalue weighted by Gasteiger charge is 2.16. The van der Waals surface area contributed by atoms with E-state index in [-0.39, 0.29) is 25.2 Å². The third kappa shape index (κ3) is 58.4. The van der Waals surface area contributed by atoms with Gasteiger partial charge in [-0.05, 0) is 51.4 Å². The molecule has 0 radical (unpaired) electrons. The molecule has 410 valence electrons. The second-order valence-corrected chi connectivity index (χ2v) is 21.1. The van der Waals surface area contributed by atoms with Crippen molar-refractivity contribution >= 4 is 11.9 Å². The molecule has 0 aliphatic carbocycles. The van der Waals surface area contributed by atoms with Gasteiger partial charge in [0.05, 0.1) is 6.61 Å². The Balaban J connectivity index is 3.37. The maximum absolute atomic E-state index is 12.3. The Hall–Kier alpha value is -2.14. The van der Waals surface area contributed by atoms with Crippen LogP contribution in [0.2, 0.25) is 0 Å². The summed E-state index contributed by atoms with van der Waals surface area (Å²) in [5, 5.41) is 9.64. The predicted octanol–water partition coefficient (Wildman–Crippen LogP) is 21.2. The summed E-state index contributed by atoms with van der Waals surface area (Å²) in [5.41, 5.74) is 0. The van der Waals surface area contributed by atoms with Crippen molar-refractivity contribution in [3.63, 3.8) is 0 Å². The molecule has 5 nitrogen and oxygen atoms in total. The van der Waals surface area contributed by atoms with Gasteiger partial charge in [0.25, 0.3) is 0 Å². The number of rotatable bonds is 58. The standard InChI is InChI=1S/C65H120O5/c1-3-5-7-9-11-13-15-17-19-21-22-23-24-25-26-27-28-29-30-31-32-33-34-35-36-37-38-39-40-41-42-44-45-47-49-51-53-55-57-59-64(67)69-62-63(61-66)70-65(68)60-58-56-54-52-50-48-46-43-20-18-16-14-12-10-8-6-4-2/h6,8,12,14,18,20,46,48,63,66H,3-5,7,9-11,13,15-17,19,21-45,47,49-62H2,1-2H3/b8-6-,14-12-,20-18-,48-46-. The second-order valence-electron chi connectivity index (χ2n) is 21.1. The zero-order valence-corrected chi connectivity index (χ0v) is 47.0. The number of unbranched alkanes of at least 4 members (excludes halogenated alkanes) is 42. The molecule has 1 N–H and O–H groups in total. The molecule has 0 aromatic carbocycles. The first-order valence-corrected chi connectivity index (χ1v) is 31.2. The van der Waals surface area contributed by atoms with Crippen molar-refractivity contribution in [2.24, 2.45) is 0 Å². The average molecular weight is 982 g/mol. The Morgan fingerprint density at radius 1 is 0.343 bits per heavy atom. The van der Waals surface area contributed by atoms with Crippen LogP contribution >= 0.6 is 0 Å². The van der Waals surface area contributed by atoms with Crippen LogP contribution in [-0.2, 0) is 19.1 Å². The minimum absolute atomic E-state index is 0.0737. The smallest absolute Gasteiger partial charge is 0.306 e. The van der Waals surface area contributed by atoms with Crippen molar-refractivity contribution in [1.82, 2.24) is 0 Å². The number of hydrogen-bond acceptors (Lipinski definition) is 5. The molecule has 0 heterocycles. The topological polar surface area (TPSA) is 72.8 Å². The van der Waals surface area contributed by atoms with Crippen molar-refractivity contribution < 1.29 is 24.2 Å². The summed E-state index contributed by atoms with van der Waals surface area (Å²) in [6.45, 7) is 4.04. The van der Waals surface area contributed by atoms with Gasteiger partial charge < -0.3 is 14.6 Å². The van der Waals surface area contributed by atoms with Gasteiger partial charge in [-0.2, -0.15) is 0 Å². The third-order valence-electron chi connectivity index (χ3n) is 14.1. The van der Waals surface area contributed by atoms with Crippen molar-refractivity contribution in [2.45, 2.75) is 341 Å². The number of ether oxygens (including phenoxy) is 2. The fourth-order valence-electron chi connectivity index (χ4n) is 9.49. The molecule has 0 aliphatic heterocycles. The van der Waals surface area contributed by atoms with Crippen LogP contribution in [0, 0.1) is 0 Å². The van der Waals surface area contributed by atoms with E-state index in [1.807, 2.05) is 0 Å². The van der Waals surface area contributed by atoms with Gasteiger partial charge in [0.2, 0.25) is 0 Å². The molecule has 0 spiro atoms. The molecule has 0 bridgehead atoms. The first-order chi connectivity index (χ1) is 34.6. The fraction of sp³-hybridized carbons (Fsp3) is 0.846. The molecule has 5 heteroatoms. The van der Waals surface area contributed by atoms with Crippen molar-refractivity contribution in [2.75, 3.05) is 13.2 Å². The number of aliphatic hydroxyl groups is 1. The summed E-state index contributed by atoms with van der Waals surface area (Å²) in [4.78, 5) is 24.5. The largest absolute Gasteiger partial charge is 0.462 e. The minimum atomic E-state index is -0.785. The van der Waals surface area contributed by atoms with E-state index in [2.05, 4.69) is 62.5 Å². The van der Waals surface area contributed by atoms with Crippen LogP contribution in [0.3, 0.4) is 0 Å². The van der Waals surface area contributed by atoms with Crippen molar-refractivity contribution in [1.29, 1.82) is 0 Å². The van der Waals surface area contributed by atoms with Gasteiger partial charge in [-0.25, -0.2) is 0 Å². The van der Waals surface area contributed by atoms with Crippen LogP contribution in [0.4, 0.5) is 0 Å². The third-order valence-corrected chi connectivity index (χ3v) is 14.1. The van der Waals surface area contributed by atoms with Gasteiger partial charge >= 0.3 is 11.9 Å². The van der Waals surface area contributed by atoms with E-state index >= 15 is 0 Å². The van der Waals surface area contributed by atoms with Crippen LogP contribution < -0.4 is 0 Å². The quantitative estimate of drug-likeness (QED) is 0.0373. The van der Waals surface area contributed by atoms with E-state index in [1.165, 1.54) is 231 Å². The SMILES string of the molecule is CC/C=C\C/C=C\C/C=C\C/C=C\CCCCCCC(=O)OC(CO)COC(=O)CCCCCCCCCCCCCCCCCCCCCCCCCCCCCCCCCCCCCCCCC. The number of carbonyl (C=O) groups is 2. The first-order valence-electron chi connectivity index (χ1n) is 31.2. The molecular weight excluding hydrogens is 861 g/mol. The maximum atomic E-state index is 12.3. The number of hydrogen-bond donors (Lipinski definition) is 1. The van der Waals surface area contributed by atoms with Crippen molar-refractivity contribution in [3.05, 3.63) is 48.6 Å². The Kier molecular flexibility index (Phi) is 59.3. The lowest BCUT2D eigenvalue weighted by molar-refractivity contribution is -0.161. The average Bonchev–Trinajstić information content (AvgIpc) is 3.36. The van der Waals surface area contributed by atoms with Gasteiger partial charge in [-0.1, -0.05) is 319 Å². The Morgan fingerprint density at radius 3 is 0.929 bits per heavy atom. The molecule has 0 rings (SSSR count). The normalized spacial score (nSPS) is 12.4. The molecule has 0 amide bonds. The summed E-state index contributed by atoms with van der Waals surface area (Å²) in [7, 11) is 0. The van der Waals surface area contributed by atoms with Gasteiger partial charge in [-0.3, -0.25) is 9.59 Å². The predicted molar refractivity (Wildman–Crippen MR) is 307 cm³/mol. The van der Waals surface area contributed by atoms with E-state index in [0.717, 1.165) is 77.0 Å². The molecule has 1 unspecified atom stereocenters.